The molecule has 1 amide bonds. The number of aromatic nitrogens is 3. The number of anilines is 1. The summed E-state index contributed by atoms with van der Waals surface area (Å²) >= 11 is 1.39. The molecule has 1 saturated heterocycles. The molecule has 1 aromatic heterocycles. The fraction of sp³-hybridized carbons (Fsp3) is 0.348. The molecule has 1 aliphatic rings. The SMILES string of the molecule is Cn1c(Cc2ccccc2)nnc1SCC(=O)Nc1ccc(CN2CCOCC2)cc1. The van der Waals surface area contributed by atoms with Gasteiger partial charge in [-0.3, -0.25) is 9.69 Å². The molecule has 0 bridgehead atoms. The Hall–Kier alpha value is -2.68. The Labute approximate surface area is 186 Å². The highest BCUT2D eigenvalue weighted by molar-refractivity contribution is 7.99. The van der Waals surface area contributed by atoms with Crippen molar-refractivity contribution >= 4 is 23.4 Å². The quantitative estimate of drug-likeness (QED) is 0.547. The van der Waals surface area contributed by atoms with Crippen LogP contribution in [0.25, 0.3) is 0 Å². The van der Waals surface area contributed by atoms with Crippen molar-refractivity contribution in [1.29, 1.82) is 0 Å². The number of carbonyl (C=O) groups is 1. The molecule has 4 rings (SSSR count). The van der Waals surface area contributed by atoms with E-state index in [2.05, 4.69) is 44.7 Å². The van der Waals surface area contributed by atoms with Crippen LogP contribution in [0.1, 0.15) is 17.0 Å². The van der Waals surface area contributed by atoms with Gasteiger partial charge in [0, 0.05) is 38.8 Å². The minimum atomic E-state index is -0.0569. The molecule has 1 N–H and O–H groups in total. The molecule has 0 radical (unpaired) electrons. The fourth-order valence-electron chi connectivity index (χ4n) is 3.44. The van der Waals surface area contributed by atoms with E-state index in [0.717, 1.165) is 49.5 Å². The highest BCUT2D eigenvalue weighted by Crippen LogP contribution is 2.18. The Morgan fingerprint density at radius 3 is 2.52 bits per heavy atom. The van der Waals surface area contributed by atoms with E-state index in [4.69, 9.17) is 4.74 Å². The molecular weight excluding hydrogens is 410 g/mol. The number of ether oxygens (including phenoxy) is 1. The van der Waals surface area contributed by atoms with E-state index < -0.39 is 0 Å². The predicted octanol–water partition coefficient (Wildman–Crippen LogP) is 2.97. The molecule has 3 aromatic rings. The van der Waals surface area contributed by atoms with Gasteiger partial charge in [0.15, 0.2) is 5.16 Å². The van der Waals surface area contributed by atoms with Crippen LogP contribution in [-0.2, 0) is 29.5 Å². The third-order valence-corrected chi connectivity index (χ3v) is 6.23. The van der Waals surface area contributed by atoms with Gasteiger partial charge in [-0.1, -0.05) is 54.2 Å². The minimum Gasteiger partial charge on any atom is -0.379 e. The topological polar surface area (TPSA) is 72.3 Å². The maximum atomic E-state index is 12.4. The zero-order valence-corrected chi connectivity index (χ0v) is 18.5. The molecule has 2 aromatic carbocycles. The summed E-state index contributed by atoms with van der Waals surface area (Å²) < 4.78 is 7.34. The van der Waals surface area contributed by atoms with E-state index in [0.29, 0.717) is 6.42 Å². The van der Waals surface area contributed by atoms with Crippen molar-refractivity contribution < 1.29 is 9.53 Å². The van der Waals surface area contributed by atoms with Gasteiger partial charge in [0.05, 0.1) is 19.0 Å². The summed E-state index contributed by atoms with van der Waals surface area (Å²) in [4.78, 5) is 14.8. The first-order valence-electron chi connectivity index (χ1n) is 10.4. The van der Waals surface area contributed by atoms with Gasteiger partial charge in [-0.05, 0) is 23.3 Å². The normalized spacial score (nSPS) is 14.5. The summed E-state index contributed by atoms with van der Waals surface area (Å²) in [5, 5.41) is 12.2. The molecule has 2 heterocycles. The number of thioether (sulfide) groups is 1. The summed E-state index contributed by atoms with van der Waals surface area (Å²) in [7, 11) is 1.94. The lowest BCUT2D eigenvalue weighted by molar-refractivity contribution is -0.113. The Balaban J connectivity index is 1.25. The number of hydrogen-bond acceptors (Lipinski definition) is 6. The van der Waals surface area contributed by atoms with Crippen LogP contribution in [0.15, 0.2) is 59.8 Å². The zero-order valence-electron chi connectivity index (χ0n) is 17.7. The Morgan fingerprint density at radius 1 is 1.03 bits per heavy atom. The zero-order chi connectivity index (χ0) is 21.5. The van der Waals surface area contributed by atoms with Crippen LogP contribution < -0.4 is 5.32 Å². The van der Waals surface area contributed by atoms with Crippen molar-refractivity contribution in [3.8, 4) is 0 Å². The second-order valence-electron chi connectivity index (χ2n) is 7.54. The smallest absolute Gasteiger partial charge is 0.234 e. The van der Waals surface area contributed by atoms with Crippen LogP contribution in [0.5, 0.6) is 0 Å². The van der Waals surface area contributed by atoms with Gasteiger partial charge in [0.2, 0.25) is 5.91 Å². The van der Waals surface area contributed by atoms with Crippen molar-refractivity contribution in [1.82, 2.24) is 19.7 Å². The van der Waals surface area contributed by atoms with Crippen molar-refractivity contribution in [2.24, 2.45) is 7.05 Å². The van der Waals surface area contributed by atoms with Crippen molar-refractivity contribution in [2.75, 3.05) is 37.4 Å². The van der Waals surface area contributed by atoms with Gasteiger partial charge in [-0.25, -0.2) is 0 Å². The van der Waals surface area contributed by atoms with Crippen LogP contribution >= 0.6 is 11.8 Å². The second-order valence-corrected chi connectivity index (χ2v) is 8.48. The molecular formula is C23H27N5O2S. The van der Waals surface area contributed by atoms with Crippen molar-refractivity contribution in [2.45, 2.75) is 18.1 Å². The monoisotopic (exact) mass is 437 g/mol. The average molecular weight is 438 g/mol. The van der Waals surface area contributed by atoms with Crippen LogP contribution in [0.4, 0.5) is 5.69 Å². The summed E-state index contributed by atoms with van der Waals surface area (Å²) in [5.74, 6) is 1.11. The summed E-state index contributed by atoms with van der Waals surface area (Å²) in [5.41, 5.74) is 3.22. The molecule has 1 aliphatic heterocycles. The second kappa shape index (κ2) is 10.6. The molecule has 7 nitrogen and oxygen atoms in total. The highest BCUT2D eigenvalue weighted by Gasteiger charge is 2.13. The summed E-state index contributed by atoms with van der Waals surface area (Å²) in [6.45, 7) is 4.43. The van der Waals surface area contributed by atoms with Gasteiger partial charge in [0.25, 0.3) is 0 Å². The first-order chi connectivity index (χ1) is 15.2. The standard InChI is InChI=1S/C23H27N5O2S/c1-27-21(15-18-5-3-2-4-6-18)25-26-23(27)31-17-22(29)24-20-9-7-19(8-10-20)16-28-11-13-30-14-12-28/h2-10H,11-17H2,1H3,(H,24,29). The average Bonchev–Trinajstić information content (AvgIpc) is 3.14. The van der Waals surface area contributed by atoms with Crippen LogP contribution in [-0.4, -0.2) is 57.6 Å². The number of rotatable bonds is 8. The van der Waals surface area contributed by atoms with Crippen LogP contribution in [0.3, 0.4) is 0 Å². The summed E-state index contributed by atoms with van der Waals surface area (Å²) in [6.07, 6.45) is 0.716. The van der Waals surface area contributed by atoms with Gasteiger partial charge in [0.1, 0.15) is 5.82 Å². The van der Waals surface area contributed by atoms with Crippen molar-refractivity contribution in [3.05, 3.63) is 71.5 Å². The van der Waals surface area contributed by atoms with Gasteiger partial charge >= 0.3 is 0 Å². The molecule has 8 heteroatoms. The van der Waals surface area contributed by atoms with Crippen LogP contribution in [0, 0.1) is 0 Å². The number of carbonyl (C=O) groups excluding carboxylic acids is 1. The van der Waals surface area contributed by atoms with Gasteiger partial charge < -0.3 is 14.6 Å². The lowest BCUT2D eigenvalue weighted by atomic mass is 10.1. The number of nitrogens with one attached hydrogen (secondary N) is 1. The Morgan fingerprint density at radius 2 is 1.77 bits per heavy atom. The molecule has 1 fully saturated rings. The number of amides is 1. The highest BCUT2D eigenvalue weighted by atomic mass is 32.2. The van der Waals surface area contributed by atoms with Crippen LogP contribution in [0.2, 0.25) is 0 Å². The molecule has 31 heavy (non-hydrogen) atoms. The molecule has 0 unspecified atom stereocenters. The van der Waals surface area contributed by atoms with E-state index in [9.17, 15) is 4.79 Å². The Kier molecular flexibility index (Phi) is 7.35. The molecule has 0 aliphatic carbocycles. The lowest BCUT2D eigenvalue weighted by Crippen LogP contribution is -2.35. The van der Waals surface area contributed by atoms with E-state index in [1.807, 2.05) is 41.9 Å². The van der Waals surface area contributed by atoms with Crippen molar-refractivity contribution in [3.63, 3.8) is 0 Å². The molecule has 0 saturated carbocycles. The number of morpholine rings is 1. The van der Waals surface area contributed by atoms with E-state index in [-0.39, 0.29) is 11.7 Å². The third kappa shape index (κ3) is 6.16. The van der Waals surface area contributed by atoms with Gasteiger partial charge in [-0.15, -0.1) is 10.2 Å². The molecule has 162 valence electrons. The largest absolute Gasteiger partial charge is 0.379 e. The van der Waals surface area contributed by atoms with E-state index >= 15 is 0 Å². The first-order valence-corrected chi connectivity index (χ1v) is 11.4. The lowest BCUT2D eigenvalue weighted by Gasteiger charge is -2.26. The number of hydrogen-bond donors (Lipinski definition) is 1. The minimum absolute atomic E-state index is 0.0569. The maximum absolute atomic E-state index is 12.4. The first kappa shape index (κ1) is 21.5. The fourth-order valence-corrected chi connectivity index (χ4v) is 4.17. The molecule has 0 atom stereocenters. The molecule has 0 spiro atoms. The predicted molar refractivity (Wildman–Crippen MR) is 122 cm³/mol. The number of nitrogens with zero attached hydrogens (tertiary/aromatic N) is 4. The van der Waals surface area contributed by atoms with Gasteiger partial charge in [-0.2, -0.15) is 0 Å². The Bertz CT molecular complexity index is 985. The third-order valence-electron chi connectivity index (χ3n) is 5.21. The number of benzene rings is 2. The van der Waals surface area contributed by atoms with E-state index in [1.165, 1.54) is 22.9 Å². The van der Waals surface area contributed by atoms with E-state index in [1.54, 1.807) is 0 Å². The summed E-state index contributed by atoms with van der Waals surface area (Å²) in [6, 6.07) is 18.2. The maximum Gasteiger partial charge on any atom is 0.234 e.